The minimum Gasteiger partial charge on any atom is -0.350 e. The van der Waals surface area contributed by atoms with Gasteiger partial charge in [0.15, 0.2) is 0 Å². The number of hydrogen-bond acceptors (Lipinski definition) is 2. The Labute approximate surface area is 94.0 Å². The van der Waals surface area contributed by atoms with Gasteiger partial charge < -0.3 is 10.6 Å². The molecule has 0 saturated heterocycles. The van der Waals surface area contributed by atoms with Gasteiger partial charge in [-0.15, -0.1) is 0 Å². The van der Waals surface area contributed by atoms with Crippen molar-refractivity contribution in [3.05, 3.63) is 0 Å². The van der Waals surface area contributed by atoms with E-state index in [1.54, 1.807) is 0 Å². The number of rotatable bonds is 5. The van der Waals surface area contributed by atoms with E-state index in [2.05, 4.69) is 31.4 Å². The third-order valence-corrected chi connectivity index (χ3v) is 2.75. The molecule has 0 heterocycles. The van der Waals surface area contributed by atoms with E-state index < -0.39 is 0 Å². The lowest BCUT2D eigenvalue weighted by molar-refractivity contribution is -0.122. The lowest BCUT2D eigenvalue weighted by atomic mass is 9.95. The van der Waals surface area contributed by atoms with Gasteiger partial charge in [0.25, 0.3) is 0 Å². The number of amides is 1. The fourth-order valence-electron chi connectivity index (χ4n) is 1.26. The molecule has 0 spiro atoms. The van der Waals surface area contributed by atoms with Gasteiger partial charge in [0.1, 0.15) is 0 Å². The average molecular weight is 214 g/mol. The monoisotopic (exact) mass is 214 g/mol. The van der Waals surface area contributed by atoms with E-state index >= 15 is 0 Å². The molecule has 0 fully saturated rings. The Morgan fingerprint density at radius 1 is 1.07 bits per heavy atom. The van der Waals surface area contributed by atoms with Crippen LogP contribution in [-0.2, 0) is 4.79 Å². The van der Waals surface area contributed by atoms with Crippen LogP contribution in [0.4, 0.5) is 0 Å². The maximum Gasteiger partial charge on any atom is 0.234 e. The number of nitrogens with one attached hydrogen (secondary N) is 2. The van der Waals surface area contributed by atoms with Gasteiger partial charge in [0, 0.05) is 11.1 Å². The maximum atomic E-state index is 11.6. The molecular weight excluding hydrogens is 188 g/mol. The Kier molecular flexibility index (Phi) is 5.29. The summed E-state index contributed by atoms with van der Waals surface area (Å²) in [5.74, 6) is 0.0654. The third kappa shape index (κ3) is 6.50. The van der Waals surface area contributed by atoms with E-state index in [0.29, 0.717) is 6.54 Å². The standard InChI is InChI=1S/C12H26N2O/c1-7-12(6,8-2)13-9-10(15)14-11(3,4)5/h13H,7-9H2,1-6H3,(H,14,15). The fourth-order valence-corrected chi connectivity index (χ4v) is 1.26. The van der Waals surface area contributed by atoms with E-state index in [4.69, 9.17) is 0 Å². The van der Waals surface area contributed by atoms with Gasteiger partial charge in [-0.05, 0) is 40.5 Å². The summed E-state index contributed by atoms with van der Waals surface area (Å²) in [6.07, 6.45) is 2.07. The minimum atomic E-state index is -0.145. The Morgan fingerprint density at radius 2 is 1.53 bits per heavy atom. The van der Waals surface area contributed by atoms with Crippen molar-refractivity contribution < 1.29 is 4.79 Å². The topological polar surface area (TPSA) is 41.1 Å². The van der Waals surface area contributed by atoms with E-state index in [9.17, 15) is 4.79 Å². The zero-order chi connectivity index (χ0) is 12.1. The average Bonchev–Trinajstić information content (AvgIpc) is 2.12. The van der Waals surface area contributed by atoms with Crippen molar-refractivity contribution in [1.29, 1.82) is 0 Å². The van der Waals surface area contributed by atoms with E-state index in [1.807, 2.05) is 20.8 Å². The van der Waals surface area contributed by atoms with Crippen LogP contribution in [0.15, 0.2) is 0 Å². The molecule has 0 aromatic carbocycles. The van der Waals surface area contributed by atoms with Gasteiger partial charge >= 0.3 is 0 Å². The summed E-state index contributed by atoms with van der Waals surface area (Å²) < 4.78 is 0. The highest BCUT2D eigenvalue weighted by atomic mass is 16.2. The summed E-state index contributed by atoms with van der Waals surface area (Å²) in [6.45, 7) is 12.8. The number of carbonyl (C=O) groups excluding carboxylic acids is 1. The summed E-state index contributed by atoms with van der Waals surface area (Å²) in [5.41, 5.74) is -0.0666. The molecule has 90 valence electrons. The zero-order valence-corrected chi connectivity index (χ0v) is 11.0. The quantitative estimate of drug-likeness (QED) is 0.735. The molecule has 0 aromatic rings. The van der Waals surface area contributed by atoms with Crippen LogP contribution in [0.25, 0.3) is 0 Å². The first-order valence-corrected chi connectivity index (χ1v) is 5.78. The van der Waals surface area contributed by atoms with E-state index in [-0.39, 0.29) is 17.0 Å². The van der Waals surface area contributed by atoms with Crippen molar-refractivity contribution in [2.45, 2.75) is 65.5 Å². The normalized spacial score (nSPS) is 12.7. The third-order valence-electron chi connectivity index (χ3n) is 2.75. The van der Waals surface area contributed by atoms with Crippen molar-refractivity contribution in [2.75, 3.05) is 6.54 Å². The number of carbonyl (C=O) groups is 1. The highest BCUT2D eigenvalue weighted by molar-refractivity contribution is 5.78. The Balaban J connectivity index is 4.00. The molecule has 1 amide bonds. The van der Waals surface area contributed by atoms with Crippen LogP contribution in [0.5, 0.6) is 0 Å². The first-order chi connectivity index (χ1) is 6.72. The molecule has 3 nitrogen and oxygen atoms in total. The lowest BCUT2D eigenvalue weighted by Crippen LogP contribution is -2.50. The van der Waals surface area contributed by atoms with Crippen molar-refractivity contribution in [3.63, 3.8) is 0 Å². The molecule has 0 saturated carbocycles. The van der Waals surface area contributed by atoms with Crippen LogP contribution in [0.2, 0.25) is 0 Å². The molecule has 0 radical (unpaired) electrons. The first kappa shape index (κ1) is 14.4. The van der Waals surface area contributed by atoms with Crippen molar-refractivity contribution in [1.82, 2.24) is 10.6 Å². The highest BCUT2D eigenvalue weighted by Gasteiger charge is 2.21. The van der Waals surface area contributed by atoms with Crippen LogP contribution < -0.4 is 10.6 Å². The van der Waals surface area contributed by atoms with E-state index in [1.165, 1.54) is 0 Å². The Hall–Kier alpha value is -0.570. The molecule has 0 unspecified atom stereocenters. The van der Waals surface area contributed by atoms with Gasteiger partial charge in [-0.1, -0.05) is 13.8 Å². The largest absolute Gasteiger partial charge is 0.350 e. The summed E-state index contributed by atoms with van der Waals surface area (Å²) in [5, 5.41) is 6.24. The van der Waals surface area contributed by atoms with Gasteiger partial charge in [0.2, 0.25) is 5.91 Å². The molecule has 3 heteroatoms. The molecule has 15 heavy (non-hydrogen) atoms. The molecule has 0 aliphatic carbocycles. The summed E-state index contributed by atoms with van der Waals surface area (Å²) >= 11 is 0. The van der Waals surface area contributed by atoms with Crippen LogP contribution >= 0.6 is 0 Å². The minimum absolute atomic E-state index is 0.0654. The Morgan fingerprint density at radius 3 is 1.87 bits per heavy atom. The molecule has 0 bridgehead atoms. The summed E-state index contributed by atoms with van der Waals surface area (Å²) in [7, 11) is 0. The van der Waals surface area contributed by atoms with Gasteiger partial charge in [-0.3, -0.25) is 4.79 Å². The second kappa shape index (κ2) is 5.50. The van der Waals surface area contributed by atoms with Crippen LogP contribution in [0, 0.1) is 0 Å². The second-order valence-corrected chi connectivity index (χ2v) is 5.42. The first-order valence-electron chi connectivity index (χ1n) is 5.78. The predicted molar refractivity (Wildman–Crippen MR) is 64.9 cm³/mol. The summed E-state index contributed by atoms with van der Waals surface area (Å²) in [4.78, 5) is 11.6. The molecule has 0 atom stereocenters. The molecule has 0 aliphatic heterocycles. The lowest BCUT2D eigenvalue weighted by Gasteiger charge is -2.29. The van der Waals surface area contributed by atoms with Crippen molar-refractivity contribution in [3.8, 4) is 0 Å². The SMILES string of the molecule is CCC(C)(CC)NCC(=O)NC(C)(C)C. The van der Waals surface area contributed by atoms with Crippen molar-refractivity contribution >= 4 is 5.91 Å². The second-order valence-electron chi connectivity index (χ2n) is 5.42. The molecule has 0 aromatic heterocycles. The van der Waals surface area contributed by atoms with Crippen LogP contribution in [0.1, 0.15) is 54.4 Å². The highest BCUT2D eigenvalue weighted by Crippen LogP contribution is 2.12. The van der Waals surface area contributed by atoms with E-state index in [0.717, 1.165) is 12.8 Å². The molecule has 0 rings (SSSR count). The van der Waals surface area contributed by atoms with Gasteiger partial charge in [-0.2, -0.15) is 0 Å². The zero-order valence-electron chi connectivity index (χ0n) is 11.0. The smallest absolute Gasteiger partial charge is 0.234 e. The molecular formula is C12H26N2O. The summed E-state index contributed by atoms with van der Waals surface area (Å²) in [6, 6.07) is 0. The fraction of sp³-hybridized carbons (Fsp3) is 0.917. The van der Waals surface area contributed by atoms with Gasteiger partial charge in [-0.25, -0.2) is 0 Å². The maximum absolute atomic E-state index is 11.6. The molecule has 2 N–H and O–H groups in total. The van der Waals surface area contributed by atoms with Gasteiger partial charge in [0.05, 0.1) is 6.54 Å². The van der Waals surface area contributed by atoms with Crippen LogP contribution in [-0.4, -0.2) is 23.5 Å². The Bertz CT molecular complexity index is 202. The number of hydrogen-bond donors (Lipinski definition) is 2. The molecule has 0 aliphatic rings. The predicted octanol–water partition coefficient (Wildman–Crippen LogP) is 2.07. The van der Waals surface area contributed by atoms with Crippen LogP contribution in [0.3, 0.4) is 0 Å². The van der Waals surface area contributed by atoms with Crippen molar-refractivity contribution in [2.24, 2.45) is 0 Å².